The van der Waals surface area contributed by atoms with Crippen molar-refractivity contribution in [1.82, 2.24) is 10.4 Å². The highest BCUT2D eigenvalue weighted by Crippen LogP contribution is 2.20. The van der Waals surface area contributed by atoms with E-state index in [1.165, 1.54) is 57.2 Å². The summed E-state index contributed by atoms with van der Waals surface area (Å²) in [4.78, 5) is 0. The lowest BCUT2D eigenvalue weighted by molar-refractivity contribution is 0.124. The molecular formula is C16H26N2. The Morgan fingerprint density at radius 2 is 1.83 bits per heavy atom. The molecule has 2 heteroatoms. The van der Waals surface area contributed by atoms with Crippen LogP contribution in [0, 0.1) is 0 Å². The molecule has 18 heavy (non-hydrogen) atoms. The molecule has 0 aromatic heterocycles. The second-order valence-corrected chi connectivity index (χ2v) is 5.28. The Balaban J connectivity index is 1.95. The van der Waals surface area contributed by atoms with Gasteiger partial charge in [-0.3, -0.25) is 0 Å². The van der Waals surface area contributed by atoms with E-state index in [2.05, 4.69) is 47.7 Å². The molecule has 1 fully saturated rings. The molecule has 0 saturated carbocycles. The number of rotatable bonds is 6. The maximum absolute atomic E-state index is 3.74. The van der Waals surface area contributed by atoms with E-state index in [9.17, 15) is 0 Å². The largest absolute Gasteiger partial charge is 0.248 e. The monoisotopic (exact) mass is 246 g/mol. The predicted octanol–water partition coefficient (Wildman–Crippen LogP) is 3.91. The van der Waals surface area contributed by atoms with Crippen LogP contribution in [0.3, 0.4) is 0 Å². The molecule has 0 spiro atoms. The molecule has 0 amide bonds. The maximum Gasteiger partial charge on any atom is 0.0464 e. The Morgan fingerprint density at radius 3 is 2.50 bits per heavy atom. The number of nitrogens with zero attached hydrogens (tertiary/aromatic N) is 1. The summed E-state index contributed by atoms with van der Waals surface area (Å²) in [6.45, 7) is 4.67. The van der Waals surface area contributed by atoms with Crippen LogP contribution in [-0.4, -0.2) is 18.1 Å². The first-order valence-corrected chi connectivity index (χ1v) is 7.46. The number of hydrogen-bond acceptors (Lipinski definition) is 2. The summed E-state index contributed by atoms with van der Waals surface area (Å²) in [5, 5.41) is 2.43. The highest BCUT2D eigenvalue weighted by atomic mass is 15.5. The van der Waals surface area contributed by atoms with E-state index < -0.39 is 0 Å². The molecule has 1 aliphatic rings. The zero-order valence-corrected chi connectivity index (χ0v) is 11.6. The summed E-state index contributed by atoms with van der Waals surface area (Å²) < 4.78 is 0. The number of unbranched alkanes of at least 4 members (excludes halogenated alkanes) is 1. The summed E-state index contributed by atoms with van der Waals surface area (Å²) in [7, 11) is 0. The maximum atomic E-state index is 3.74. The van der Waals surface area contributed by atoms with Crippen molar-refractivity contribution in [3.05, 3.63) is 35.9 Å². The molecule has 2 nitrogen and oxygen atoms in total. The smallest absolute Gasteiger partial charge is 0.0464 e. The van der Waals surface area contributed by atoms with Crippen LogP contribution in [0.1, 0.15) is 57.1 Å². The standard InChI is InChI=1S/C16H26N2/c1-2-3-12-16(15-10-6-4-7-11-15)17-18-13-8-5-9-14-18/h4,6-7,10-11,16-17H,2-3,5,8-9,12-14H2,1H3. The lowest BCUT2D eigenvalue weighted by Gasteiger charge is -2.32. The molecule has 1 N–H and O–H groups in total. The molecule has 2 rings (SSSR count). The summed E-state index contributed by atoms with van der Waals surface area (Å²) in [5.41, 5.74) is 5.17. The van der Waals surface area contributed by atoms with Crippen molar-refractivity contribution >= 4 is 0 Å². The quantitative estimate of drug-likeness (QED) is 0.818. The highest BCUT2D eigenvalue weighted by molar-refractivity contribution is 5.18. The van der Waals surface area contributed by atoms with E-state index in [0.29, 0.717) is 6.04 Å². The fourth-order valence-corrected chi connectivity index (χ4v) is 2.64. The average molecular weight is 246 g/mol. The minimum atomic E-state index is 0.490. The van der Waals surface area contributed by atoms with Crippen LogP contribution in [0.25, 0.3) is 0 Å². The molecule has 1 aromatic carbocycles. The van der Waals surface area contributed by atoms with E-state index in [1.54, 1.807) is 0 Å². The molecule has 0 radical (unpaired) electrons. The van der Waals surface area contributed by atoms with Gasteiger partial charge in [-0.15, -0.1) is 0 Å². The molecule has 0 aliphatic carbocycles. The van der Waals surface area contributed by atoms with Crippen molar-refractivity contribution in [3.63, 3.8) is 0 Å². The third kappa shape index (κ3) is 4.11. The van der Waals surface area contributed by atoms with Gasteiger partial charge in [-0.05, 0) is 24.8 Å². The number of piperidine rings is 1. The first-order chi connectivity index (χ1) is 8.90. The molecule has 1 saturated heterocycles. The van der Waals surface area contributed by atoms with Gasteiger partial charge in [0.1, 0.15) is 0 Å². The molecule has 1 aliphatic heterocycles. The van der Waals surface area contributed by atoms with Crippen LogP contribution < -0.4 is 5.43 Å². The van der Waals surface area contributed by atoms with Crippen molar-refractivity contribution in [2.24, 2.45) is 0 Å². The van der Waals surface area contributed by atoms with Crippen molar-refractivity contribution in [1.29, 1.82) is 0 Å². The van der Waals surface area contributed by atoms with E-state index in [4.69, 9.17) is 0 Å². The van der Waals surface area contributed by atoms with Crippen LogP contribution in [-0.2, 0) is 0 Å². The zero-order valence-electron chi connectivity index (χ0n) is 11.6. The zero-order chi connectivity index (χ0) is 12.6. The summed E-state index contributed by atoms with van der Waals surface area (Å²) >= 11 is 0. The molecule has 1 aromatic rings. The van der Waals surface area contributed by atoms with Crippen molar-refractivity contribution in [2.75, 3.05) is 13.1 Å². The van der Waals surface area contributed by atoms with Gasteiger partial charge in [0, 0.05) is 19.1 Å². The van der Waals surface area contributed by atoms with E-state index in [-0.39, 0.29) is 0 Å². The topological polar surface area (TPSA) is 15.3 Å². The van der Waals surface area contributed by atoms with Gasteiger partial charge in [0.15, 0.2) is 0 Å². The Labute approximate surface area is 111 Å². The molecule has 1 unspecified atom stereocenters. The fourth-order valence-electron chi connectivity index (χ4n) is 2.64. The van der Waals surface area contributed by atoms with E-state index >= 15 is 0 Å². The van der Waals surface area contributed by atoms with Crippen LogP contribution in [0.2, 0.25) is 0 Å². The Bertz CT molecular complexity index is 317. The van der Waals surface area contributed by atoms with Crippen molar-refractivity contribution < 1.29 is 0 Å². The first kappa shape index (κ1) is 13.6. The lowest BCUT2D eigenvalue weighted by Crippen LogP contribution is -2.43. The minimum Gasteiger partial charge on any atom is -0.248 e. The van der Waals surface area contributed by atoms with Gasteiger partial charge >= 0.3 is 0 Å². The summed E-state index contributed by atoms with van der Waals surface area (Å²) in [5.74, 6) is 0. The van der Waals surface area contributed by atoms with Crippen LogP contribution in [0.5, 0.6) is 0 Å². The van der Waals surface area contributed by atoms with Gasteiger partial charge in [-0.25, -0.2) is 10.4 Å². The fraction of sp³-hybridized carbons (Fsp3) is 0.625. The van der Waals surface area contributed by atoms with Gasteiger partial charge in [0.25, 0.3) is 0 Å². The summed E-state index contributed by atoms with van der Waals surface area (Å²) in [6.07, 6.45) is 7.86. The van der Waals surface area contributed by atoms with Crippen molar-refractivity contribution in [3.8, 4) is 0 Å². The second-order valence-electron chi connectivity index (χ2n) is 5.28. The number of nitrogens with one attached hydrogen (secondary N) is 1. The number of hydrazine groups is 1. The Kier molecular flexibility index (Phi) is 5.69. The minimum absolute atomic E-state index is 0.490. The molecular weight excluding hydrogens is 220 g/mol. The van der Waals surface area contributed by atoms with E-state index in [0.717, 1.165) is 0 Å². The number of hydrogen-bond donors (Lipinski definition) is 1. The van der Waals surface area contributed by atoms with Gasteiger partial charge < -0.3 is 0 Å². The normalized spacial score (nSPS) is 18.7. The Hall–Kier alpha value is -0.860. The van der Waals surface area contributed by atoms with Gasteiger partial charge in [0.05, 0.1) is 0 Å². The third-order valence-corrected chi connectivity index (χ3v) is 3.74. The summed E-state index contributed by atoms with van der Waals surface area (Å²) in [6, 6.07) is 11.4. The van der Waals surface area contributed by atoms with Crippen LogP contribution in [0.4, 0.5) is 0 Å². The first-order valence-electron chi connectivity index (χ1n) is 7.46. The van der Waals surface area contributed by atoms with Gasteiger partial charge in [-0.1, -0.05) is 56.5 Å². The molecule has 1 heterocycles. The van der Waals surface area contributed by atoms with Gasteiger partial charge in [0.2, 0.25) is 0 Å². The van der Waals surface area contributed by atoms with E-state index in [1.807, 2.05) is 0 Å². The SMILES string of the molecule is CCCCC(NN1CCCCC1)c1ccccc1. The van der Waals surface area contributed by atoms with Crippen LogP contribution in [0.15, 0.2) is 30.3 Å². The molecule has 1 atom stereocenters. The Morgan fingerprint density at radius 1 is 1.11 bits per heavy atom. The lowest BCUT2D eigenvalue weighted by atomic mass is 10.0. The predicted molar refractivity (Wildman–Crippen MR) is 77.3 cm³/mol. The molecule has 100 valence electrons. The van der Waals surface area contributed by atoms with Crippen LogP contribution >= 0.6 is 0 Å². The highest BCUT2D eigenvalue weighted by Gasteiger charge is 2.16. The molecule has 0 bridgehead atoms. The van der Waals surface area contributed by atoms with Crippen molar-refractivity contribution in [2.45, 2.75) is 51.5 Å². The third-order valence-electron chi connectivity index (χ3n) is 3.74. The average Bonchev–Trinajstić information content (AvgIpc) is 2.45. The van der Waals surface area contributed by atoms with Gasteiger partial charge in [-0.2, -0.15) is 0 Å². The second kappa shape index (κ2) is 7.55. The number of benzene rings is 1.